The summed E-state index contributed by atoms with van der Waals surface area (Å²) < 4.78 is 10.9. The van der Waals surface area contributed by atoms with E-state index in [1.807, 2.05) is 30.5 Å². The number of benzene rings is 1. The SMILES string of the molecule is CSc1ccc(NC(=O)c2cnc(OC3CCOC3)c(Cl)c2)cc1. The van der Waals surface area contributed by atoms with Gasteiger partial charge in [-0.15, -0.1) is 11.8 Å². The zero-order valence-corrected chi connectivity index (χ0v) is 14.7. The van der Waals surface area contributed by atoms with Crippen LogP contribution in [0.25, 0.3) is 0 Å². The van der Waals surface area contributed by atoms with E-state index in [2.05, 4.69) is 10.3 Å². The normalized spacial score (nSPS) is 16.8. The minimum absolute atomic E-state index is 0.0374. The van der Waals surface area contributed by atoms with Crippen molar-refractivity contribution in [1.82, 2.24) is 4.98 Å². The van der Waals surface area contributed by atoms with Gasteiger partial charge in [0.05, 0.1) is 18.8 Å². The summed E-state index contributed by atoms with van der Waals surface area (Å²) in [5.74, 6) is 0.0603. The Balaban J connectivity index is 1.66. The summed E-state index contributed by atoms with van der Waals surface area (Å²) in [6, 6.07) is 9.18. The van der Waals surface area contributed by atoms with Gasteiger partial charge >= 0.3 is 0 Å². The number of hydrogen-bond acceptors (Lipinski definition) is 5. The van der Waals surface area contributed by atoms with Crippen LogP contribution in [0, 0.1) is 0 Å². The Labute approximate surface area is 149 Å². The number of pyridine rings is 1. The molecule has 1 atom stereocenters. The quantitative estimate of drug-likeness (QED) is 0.816. The fourth-order valence-electron chi connectivity index (χ4n) is 2.28. The van der Waals surface area contributed by atoms with Gasteiger partial charge in [-0.05, 0) is 36.6 Å². The van der Waals surface area contributed by atoms with Gasteiger partial charge in [0, 0.05) is 23.2 Å². The maximum atomic E-state index is 12.3. The summed E-state index contributed by atoms with van der Waals surface area (Å²) in [6.45, 7) is 1.21. The number of carbonyl (C=O) groups is 1. The third-order valence-corrected chi connectivity index (χ3v) is 4.60. The van der Waals surface area contributed by atoms with E-state index >= 15 is 0 Å². The van der Waals surface area contributed by atoms with Crippen molar-refractivity contribution in [1.29, 1.82) is 0 Å². The number of anilines is 1. The van der Waals surface area contributed by atoms with E-state index in [1.54, 1.807) is 17.8 Å². The topological polar surface area (TPSA) is 60.5 Å². The zero-order valence-electron chi connectivity index (χ0n) is 13.1. The highest BCUT2D eigenvalue weighted by atomic mass is 35.5. The van der Waals surface area contributed by atoms with Gasteiger partial charge in [0.1, 0.15) is 11.1 Å². The van der Waals surface area contributed by atoms with Gasteiger partial charge in [0.25, 0.3) is 5.91 Å². The predicted octanol–water partition coefficient (Wildman–Crippen LogP) is 3.88. The van der Waals surface area contributed by atoms with Crippen LogP contribution in [0.2, 0.25) is 5.02 Å². The van der Waals surface area contributed by atoms with Gasteiger partial charge in [-0.2, -0.15) is 0 Å². The molecule has 0 radical (unpaired) electrons. The first kappa shape index (κ1) is 17.1. The second kappa shape index (κ2) is 7.88. The Morgan fingerprint density at radius 3 is 2.83 bits per heavy atom. The molecule has 0 spiro atoms. The Morgan fingerprint density at radius 1 is 1.42 bits per heavy atom. The van der Waals surface area contributed by atoms with Crippen molar-refractivity contribution in [3.8, 4) is 5.88 Å². The fraction of sp³-hybridized carbons (Fsp3) is 0.294. The molecule has 1 aromatic carbocycles. The summed E-state index contributed by atoms with van der Waals surface area (Å²) in [6.07, 6.45) is 4.24. The monoisotopic (exact) mass is 364 g/mol. The van der Waals surface area contributed by atoms with E-state index < -0.39 is 0 Å². The van der Waals surface area contributed by atoms with Gasteiger partial charge < -0.3 is 14.8 Å². The van der Waals surface area contributed by atoms with Crippen molar-refractivity contribution in [2.75, 3.05) is 24.8 Å². The molecule has 1 saturated heterocycles. The highest BCUT2D eigenvalue weighted by Gasteiger charge is 2.20. The summed E-state index contributed by atoms with van der Waals surface area (Å²) in [4.78, 5) is 17.6. The van der Waals surface area contributed by atoms with E-state index in [0.29, 0.717) is 29.7 Å². The lowest BCUT2D eigenvalue weighted by atomic mass is 10.2. The van der Waals surface area contributed by atoms with Crippen LogP contribution in [-0.4, -0.2) is 36.5 Å². The number of halogens is 1. The van der Waals surface area contributed by atoms with E-state index in [1.165, 1.54) is 6.20 Å². The molecule has 2 aromatic rings. The number of carbonyl (C=O) groups excluding carboxylic acids is 1. The predicted molar refractivity (Wildman–Crippen MR) is 95.3 cm³/mol. The first-order chi connectivity index (χ1) is 11.7. The highest BCUT2D eigenvalue weighted by molar-refractivity contribution is 7.98. The Hall–Kier alpha value is -1.76. The molecule has 24 heavy (non-hydrogen) atoms. The minimum atomic E-state index is -0.267. The zero-order chi connectivity index (χ0) is 16.9. The standard InChI is InChI=1S/C17H17ClN2O3S/c1-24-14-4-2-12(3-5-14)20-16(21)11-8-15(18)17(19-9-11)23-13-6-7-22-10-13/h2-5,8-9,13H,6-7,10H2,1H3,(H,20,21). The number of aromatic nitrogens is 1. The number of ether oxygens (including phenoxy) is 2. The van der Waals surface area contributed by atoms with Crippen LogP contribution in [0.15, 0.2) is 41.4 Å². The lowest BCUT2D eigenvalue weighted by Gasteiger charge is -2.12. The lowest BCUT2D eigenvalue weighted by molar-refractivity contribution is 0.102. The van der Waals surface area contributed by atoms with Crippen molar-refractivity contribution < 1.29 is 14.3 Å². The lowest BCUT2D eigenvalue weighted by Crippen LogP contribution is -2.17. The van der Waals surface area contributed by atoms with Crippen molar-refractivity contribution in [2.45, 2.75) is 17.4 Å². The molecule has 1 aromatic heterocycles. The van der Waals surface area contributed by atoms with Gasteiger partial charge in [-0.25, -0.2) is 4.98 Å². The molecular weight excluding hydrogens is 348 g/mol. The maximum Gasteiger partial charge on any atom is 0.257 e. The number of thioether (sulfide) groups is 1. The van der Waals surface area contributed by atoms with Crippen LogP contribution in [0.3, 0.4) is 0 Å². The van der Waals surface area contributed by atoms with Crippen molar-refractivity contribution in [2.24, 2.45) is 0 Å². The molecule has 1 fully saturated rings. The molecule has 1 N–H and O–H groups in total. The number of hydrogen-bond donors (Lipinski definition) is 1. The molecule has 1 aliphatic heterocycles. The van der Waals surface area contributed by atoms with Crippen LogP contribution < -0.4 is 10.1 Å². The first-order valence-corrected chi connectivity index (χ1v) is 9.11. The average molecular weight is 365 g/mol. The highest BCUT2D eigenvalue weighted by Crippen LogP contribution is 2.25. The molecular formula is C17H17ClN2O3S. The summed E-state index contributed by atoms with van der Waals surface area (Å²) in [5.41, 5.74) is 1.10. The largest absolute Gasteiger partial charge is 0.471 e. The van der Waals surface area contributed by atoms with Crippen molar-refractivity contribution in [3.63, 3.8) is 0 Å². The van der Waals surface area contributed by atoms with Crippen LogP contribution in [0.1, 0.15) is 16.8 Å². The first-order valence-electron chi connectivity index (χ1n) is 7.51. The minimum Gasteiger partial charge on any atom is -0.471 e. The van der Waals surface area contributed by atoms with Gasteiger partial charge in [-0.1, -0.05) is 11.6 Å². The van der Waals surface area contributed by atoms with E-state index in [9.17, 15) is 4.79 Å². The molecule has 2 heterocycles. The third-order valence-electron chi connectivity index (χ3n) is 3.58. The Morgan fingerprint density at radius 2 is 2.21 bits per heavy atom. The van der Waals surface area contributed by atoms with Crippen molar-refractivity contribution in [3.05, 3.63) is 47.1 Å². The van der Waals surface area contributed by atoms with E-state index in [4.69, 9.17) is 21.1 Å². The molecule has 1 unspecified atom stereocenters. The van der Waals surface area contributed by atoms with Crippen LogP contribution in [0.5, 0.6) is 5.88 Å². The Bertz CT molecular complexity index is 718. The van der Waals surface area contributed by atoms with Crippen LogP contribution in [0.4, 0.5) is 5.69 Å². The summed E-state index contributed by atoms with van der Waals surface area (Å²) in [7, 11) is 0. The molecule has 1 amide bonds. The second-order valence-electron chi connectivity index (χ2n) is 5.30. The second-order valence-corrected chi connectivity index (χ2v) is 6.58. The summed E-state index contributed by atoms with van der Waals surface area (Å²) >= 11 is 7.83. The molecule has 0 bridgehead atoms. The third kappa shape index (κ3) is 4.20. The molecule has 1 aliphatic rings. The average Bonchev–Trinajstić information content (AvgIpc) is 3.10. The molecule has 3 rings (SSSR count). The molecule has 126 valence electrons. The molecule has 0 aliphatic carbocycles. The van der Waals surface area contributed by atoms with Gasteiger partial charge in [0.2, 0.25) is 5.88 Å². The smallest absolute Gasteiger partial charge is 0.257 e. The number of rotatable bonds is 5. The Kier molecular flexibility index (Phi) is 5.60. The van der Waals surface area contributed by atoms with E-state index in [-0.39, 0.29) is 12.0 Å². The number of nitrogens with zero attached hydrogens (tertiary/aromatic N) is 1. The molecule has 0 saturated carbocycles. The van der Waals surface area contributed by atoms with Crippen molar-refractivity contribution >= 4 is 35.0 Å². The number of nitrogens with one attached hydrogen (secondary N) is 1. The summed E-state index contributed by atoms with van der Waals surface area (Å²) in [5, 5.41) is 3.13. The van der Waals surface area contributed by atoms with Crippen LogP contribution in [-0.2, 0) is 4.74 Å². The van der Waals surface area contributed by atoms with Gasteiger partial charge in [-0.3, -0.25) is 4.79 Å². The molecule has 7 heteroatoms. The van der Waals surface area contributed by atoms with Crippen LogP contribution >= 0.6 is 23.4 Å². The molecule has 5 nitrogen and oxygen atoms in total. The maximum absolute atomic E-state index is 12.3. The number of amides is 1. The van der Waals surface area contributed by atoms with E-state index in [0.717, 1.165) is 17.0 Å². The van der Waals surface area contributed by atoms with Gasteiger partial charge in [0.15, 0.2) is 0 Å². The fourth-order valence-corrected chi connectivity index (χ4v) is 2.90.